The first kappa shape index (κ1) is 22.2. The summed E-state index contributed by atoms with van der Waals surface area (Å²) in [4.78, 5) is 30.0. The minimum Gasteiger partial charge on any atom is -0.493 e. The Kier molecular flexibility index (Phi) is 6.84. The smallest absolute Gasteiger partial charge is 0.338 e. The summed E-state index contributed by atoms with van der Waals surface area (Å²) in [5.41, 5.74) is 4.43. The van der Waals surface area contributed by atoms with Crippen molar-refractivity contribution in [2.24, 2.45) is 0 Å². The number of likely N-dealkylation sites (N-methyl/N-ethyl adjacent to an activating group) is 1. The van der Waals surface area contributed by atoms with Crippen molar-refractivity contribution in [3.05, 3.63) is 58.8 Å². The number of methoxy groups -OCH3 is 2. The summed E-state index contributed by atoms with van der Waals surface area (Å²) in [6.45, 7) is 6.41. The van der Waals surface area contributed by atoms with Gasteiger partial charge in [0, 0.05) is 29.7 Å². The maximum atomic E-state index is 12.6. The Morgan fingerprint density at radius 1 is 1.00 bits per heavy atom. The predicted octanol–water partition coefficient (Wildman–Crippen LogP) is 4.01. The molecule has 0 aliphatic rings. The van der Waals surface area contributed by atoms with Crippen molar-refractivity contribution in [1.82, 2.24) is 9.88 Å². The van der Waals surface area contributed by atoms with Crippen LogP contribution in [-0.4, -0.2) is 49.1 Å². The Bertz CT molecular complexity index is 1100. The third-order valence-corrected chi connectivity index (χ3v) is 5.43. The quantitative estimate of drug-likeness (QED) is 0.553. The van der Waals surface area contributed by atoms with Crippen molar-refractivity contribution in [3.8, 4) is 11.5 Å². The summed E-state index contributed by atoms with van der Waals surface area (Å²) in [6.07, 6.45) is 0. The minimum absolute atomic E-state index is 0.264. The van der Waals surface area contributed by atoms with Crippen LogP contribution in [0.2, 0.25) is 0 Å². The number of nitrogens with zero attached hydrogens (tertiary/aromatic N) is 1. The summed E-state index contributed by atoms with van der Waals surface area (Å²) in [5.74, 6) is 0.441. The number of benzene rings is 2. The summed E-state index contributed by atoms with van der Waals surface area (Å²) in [5, 5.41) is 0.974. The van der Waals surface area contributed by atoms with Crippen molar-refractivity contribution in [1.29, 1.82) is 0 Å². The molecule has 0 fully saturated rings. The van der Waals surface area contributed by atoms with Gasteiger partial charge in [-0.15, -0.1) is 0 Å². The number of hydrogen-bond donors (Lipinski definition) is 1. The van der Waals surface area contributed by atoms with Gasteiger partial charge in [-0.05, 0) is 62.2 Å². The molecule has 1 N–H and O–H groups in total. The van der Waals surface area contributed by atoms with Crippen LogP contribution in [0.4, 0.5) is 0 Å². The number of ether oxygens (including phenoxy) is 3. The van der Waals surface area contributed by atoms with E-state index in [0.29, 0.717) is 30.2 Å². The second kappa shape index (κ2) is 9.55. The lowest BCUT2D eigenvalue weighted by Gasteiger charge is -2.21. The highest BCUT2D eigenvalue weighted by atomic mass is 16.5. The van der Waals surface area contributed by atoms with E-state index in [-0.39, 0.29) is 12.5 Å². The third kappa shape index (κ3) is 4.82. The molecule has 1 amide bonds. The number of carbonyl (C=O) groups is 2. The molecule has 7 heteroatoms. The zero-order chi connectivity index (χ0) is 22.5. The topological polar surface area (TPSA) is 80.9 Å². The van der Waals surface area contributed by atoms with Gasteiger partial charge in [-0.3, -0.25) is 4.79 Å². The zero-order valence-electron chi connectivity index (χ0n) is 18.6. The van der Waals surface area contributed by atoms with Gasteiger partial charge in [0.25, 0.3) is 5.91 Å². The first-order valence-electron chi connectivity index (χ1n) is 10.1. The zero-order valence-corrected chi connectivity index (χ0v) is 18.6. The third-order valence-electron chi connectivity index (χ3n) is 5.43. The molecule has 1 aromatic heterocycles. The van der Waals surface area contributed by atoms with Crippen LogP contribution >= 0.6 is 0 Å². The van der Waals surface area contributed by atoms with E-state index in [0.717, 1.165) is 27.7 Å². The van der Waals surface area contributed by atoms with Gasteiger partial charge in [0.15, 0.2) is 18.1 Å². The first-order chi connectivity index (χ1) is 14.9. The molecule has 164 valence electrons. The summed E-state index contributed by atoms with van der Waals surface area (Å²) >= 11 is 0. The number of aromatic amines is 1. The van der Waals surface area contributed by atoms with E-state index in [1.54, 1.807) is 37.3 Å². The van der Waals surface area contributed by atoms with Crippen molar-refractivity contribution >= 4 is 22.8 Å². The molecule has 0 bridgehead atoms. The molecular weight excluding hydrogens is 396 g/mol. The SMILES string of the molecule is CCN(Cc1ccc(OC)c(OC)c1)C(=O)COC(=O)c1ccc2[nH]c(C)c(C)c2c1. The average Bonchev–Trinajstić information content (AvgIpc) is 3.08. The lowest BCUT2D eigenvalue weighted by Crippen LogP contribution is -2.34. The molecule has 0 aliphatic heterocycles. The molecule has 2 aromatic carbocycles. The van der Waals surface area contributed by atoms with Gasteiger partial charge in [0.2, 0.25) is 0 Å². The highest BCUT2D eigenvalue weighted by molar-refractivity contribution is 5.96. The van der Waals surface area contributed by atoms with Gasteiger partial charge in [-0.1, -0.05) is 6.07 Å². The van der Waals surface area contributed by atoms with Gasteiger partial charge in [-0.25, -0.2) is 4.79 Å². The van der Waals surface area contributed by atoms with E-state index < -0.39 is 5.97 Å². The Balaban J connectivity index is 1.64. The number of rotatable bonds is 8. The van der Waals surface area contributed by atoms with Crippen LogP contribution in [0.3, 0.4) is 0 Å². The Morgan fingerprint density at radius 3 is 2.42 bits per heavy atom. The number of amides is 1. The molecule has 3 aromatic rings. The molecule has 1 heterocycles. The molecular formula is C24H28N2O5. The fourth-order valence-electron chi connectivity index (χ4n) is 3.47. The van der Waals surface area contributed by atoms with Crippen molar-refractivity contribution in [2.45, 2.75) is 27.3 Å². The standard InChI is InChI=1S/C24H28N2O5/c1-6-26(13-17-7-10-21(29-4)22(11-17)30-5)23(27)14-31-24(28)18-8-9-20-19(12-18)15(2)16(3)25-20/h7-12,25H,6,13-14H2,1-5H3. The van der Waals surface area contributed by atoms with Gasteiger partial charge >= 0.3 is 5.97 Å². The van der Waals surface area contributed by atoms with Crippen LogP contribution in [-0.2, 0) is 16.1 Å². The normalized spacial score (nSPS) is 10.7. The van der Waals surface area contributed by atoms with Crippen LogP contribution in [0, 0.1) is 13.8 Å². The number of esters is 1. The number of carbonyl (C=O) groups excluding carboxylic acids is 2. The van der Waals surface area contributed by atoms with Crippen LogP contribution in [0.15, 0.2) is 36.4 Å². The van der Waals surface area contributed by atoms with E-state index in [1.165, 1.54) is 0 Å². The Hall–Kier alpha value is -3.48. The summed E-state index contributed by atoms with van der Waals surface area (Å²) in [7, 11) is 3.14. The second-order valence-corrected chi connectivity index (χ2v) is 7.31. The fraction of sp³-hybridized carbons (Fsp3) is 0.333. The number of H-pyrrole nitrogens is 1. The molecule has 0 aliphatic carbocycles. The molecule has 0 saturated carbocycles. The van der Waals surface area contributed by atoms with Gasteiger partial charge < -0.3 is 24.1 Å². The monoisotopic (exact) mass is 424 g/mol. The van der Waals surface area contributed by atoms with E-state index in [4.69, 9.17) is 14.2 Å². The predicted molar refractivity (Wildman–Crippen MR) is 119 cm³/mol. The molecule has 31 heavy (non-hydrogen) atoms. The van der Waals surface area contributed by atoms with Crippen molar-refractivity contribution < 1.29 is 23.8 Å². The molecule has 7 nitrogen and oxygen atoms in total. The average molecular weight is 424 g/mol. The summed E-state index contributed by atoms with van der Waals surface area (Å²) < 4.78 is 15.9. The van der Waals surface area contributed by atoms with Crippen LogP contribution < -0.4 is 9.47 Å². The van der Waals surface area contributed by atoms with E-state index in [9.17, 15) is 9.59 Å². The van der Waals surface area contributed by atoms with Gasteiger partial charge in [-0.2, -0.15) is 0 Å². The molecule has 0 spiro atoms. The number of nitrogens with one attached hydrogen (secondary N) is 1. The minimum atomic E-state index is -0.518. The van der Waals surface area contributed by atoms with E-state index >= 15 is 0 Å². The van der Waals surface area contributed by atoms with Crippen molar-refractivity contribution in [2.75, 3.05) is 27.4 Å². The van der Waals surface area contributed by atoms with E-state index in [2.05, 4.69) is 4.98 Å². The van der Waals surface area contributed by atoms with Gasteiger partial charge in [0.1, 0.15) is 0 Å². The molecule has 3 rings (SSSR count). The Morgan fingerprint density at radius 2 is 1.74 bits per heavy atom. The maximum Gasteiger partial charge on any atom is 0.338 e. The fourth-order valence-corrected chi connectivity index (χ4v) is 3.47. The second-order valence-electron chi connectivity index (χ2n) is 7.31. The lowest BCUT2D eigenvalue weighted by molar-refractivity contribution is -0.134. The molecule has 0 saturated heterocycles. The first-order valence-corrected chi connectivity index (χ1v) is 10.1. The van der Waals surface area contributed by atoms with Crippen molar-refractivity contribution in [3.63, 3.8) is 0 Å². The highest BCUT2D eigenvalue weighted by Crippen LogP contribution is 2.28. The molecule has 0 unspecified atom stereocenters. The summed E-state index contributed by atoms with van der Waals surface area (Å²) in [6, 6.07) is 10.8. The van der Waals surface area contributed by atoms with Crippen LogP contribution in [0.25, 0.3) is 10.9 Å². The number of aryl methyl sites for hydroxylation is 2. The molecule has 0 radical (unpaired) electrons. The largest absolute Gasteiger partial charge is 0.493 e. The van der Waals surface area contributed by atoms with Gasteiger partial charge in [0.05, 0.1) is 19.8 Å². The number of fused-ring (bicyclic) bond motifs is 1. The maximum absolute atomic E-state index is 12.6. The van der Waals surface area contributed by atoms with Crippen LogP contribution in [0.1, 0.15) is 34.1 Å². The highest BCUT2D eigenvalue weighted by Gasteiger charge is 2.17. The van der Waals surface area contributed by atoms with Crippen LogP contribution in [0.5, 0.6) is 11.5 Å². The Labute approximate surface area is 181 Å². The number of aromatic nitrogens is 1. The van der Waals surface area contributed by atoms with E-state index in [1.807, 2.05) is 39.0 Å². The number of hydrogen-bond acceptors (Lipinski definition) is 5. The lowest BCUT2D eigenvalue weighted by atomic mass is 10.1. The molecule has 0 atom stereocenters.